The van der Waals surface area contributed by atoms with Crippen molar-refractivity contribution < 1.29 is 13.2 Å². The highest BCUT2D eigenvalue weighted by molar-refractivity contribution is 7.92. The second-order valence-corrected chi connectivity index (χ2v) is 10.1. The van der Waals surface area contributed by atoms with Gasteiger partial charge in [-0.25, -0.2) is 13.2 Å². The molecule has 0 saturated carbocycles. The fourth-order valence-electron chi connectivity index (χ4n) is 3.69. The van der Waals surface area contributed by atoms with E-state index >= 15 is 0 Å². The van der Waals surface area contributed by atoms with Gasteiger partial charge in [0.15, 0.2) is 9.84 Å². The zero-order valence-corrected chi connectivity index (χ0v) is 15.8. The highest BCUT2D eigenvalue weighted by Gasteiger charge is 2.37. The van der Waals surface area contributed by atoms with E-state index in [9.17, 15) is 13.2 Å². The van der Waals surface area contributed by atoms with E-state index in [0.29, 0.717) is 16.8 Å². The van der Waals surface area contributed by atoms with Crippen LogP contribution in [-0.2, 0) is 16.4 Å². The predicted molar refractivity (Wildman–Crippen MR) is 95.0 cm³/mol. The third kappa shape index (κ3) is 3.75. The lowest BCUT2D eigenvalue weighted by Gasteiger charge is -2.30. The summed E-state index contributed by atoms with van der Waals surface area (Å²) in [5.41, 5.74) is 0. The smallest absolute Gasteiger partial charge is 0.317 e. The summed E-state index contributed by atoms with van der Waals surface area (Å²) in [4.78, 5) is 17.7. The Morgan fingerprint density at radius 2 is 2.00 bits per heavy atom. The third-order valence-electron chi connectivity index (χ3n) is 5.00. The maximum Gasteiger partial charge on any atom is 0.317 e. The largest absolute Gasteiger partial charge is 0.333 e. The summed E-state index contributed by atoms with van der Waals surface area (Å²) in [6, 6.07) is 4.00. The van der Waals surface area contributed by atoms with Crippen molar-refractivity contribution in [2.45, 2.75) is 49.0 Å². The Morgan fingerprint density at radius 3 is 2.62 bits per heavy atom. The minimum atomic E-state index is -3.17. The summed E-state index contributed by atoms with van der Waals surface area (Å²) in [5.74, 6) is 0. The average Bonchev–Trinajstić information content (AvgIpc) is 3.24. The third-order valence-corrected chi connectivity index (χ3v) is 7.91. The summed E-state index contributed by atoms with van der Waals surface area (Å²) in [6.07, 6.45) is 4.75. The van der Waals surface area contributed by atoms with Gasteiger partial charge in [0, 0.05) is 29.8 Å². The van der Waals surface area contributed by atoms with Crippen LogP contribution in [0.1, 0.15) is 31.1 Å². The number of hydrogen-bond donors (Lipinski definition) is 1. The Labute approximate surface area is 147 Å². The van der Waals surface area contributed by atoms with Gasteiger partial charge in [-0.3, -0.25) is 4.90 Å². The van der Waals surface area contributed by atoms with Crippen LogP contribution in [-0.4, -0.2) is 62.2 Å². The molecule has 2 saturated heterocycles. The van der Waals surface area contributed by atoms with Crippen LogP contribution < -0.4 is 5.32 Å². The van der Waals surface area contributed by atoms with E-state index < -0.39 is 9.84 Å². The number of hydrogen-bond acceptors (Lipinski definition) is 5. The zero-order chi connectivity index (χ0) is 17.3. The van der Waals surface area contributed by atoms with E-state index in [-0.39, 0.29) is 12.1 Å². The van der Waals surface area contributed by atoms with Gasteiger partial charge in [-0.1, -0.05) is 0 Å². The Bertz CT molecular complexity index is 695. The second kappa shape index (κ2) is 7.01. The molecule has 134 valence electrons. The molecule has 2 atom stereocenters. The molecule has 2 amide bonds. The molecule has 0 aliphatic carbocycles. The van der Waals surface area contributed by atoms with Crippen LogP contribution in [0.4, 0.5) is 4.79 Å². The molecule has 1 aromatic heterocycles. The molecule has 8 heteroatoms. The number of urea groups is 1. The van der Waals surface area contributed by atoms with E-state index in [1.165, 1.54) is 30.4 Å². The van der Waals surface area contributed by atoms with Crippen LogP contribution in [0, 0.1) is 0 Å². The second-order valence-electron chi connectivity index (χ2n) is 6.68. The van der Waals surface area contributed by atoms with Crippen LogP contribution in [0.5, 0.6) is 0 Å². The number of sulfone groups is 1. The Morgan fingerprint density at radius 1 is 1.29 bits per heavy atom. The SMILES string of the molecule is C[C@@H]1[C@H](N2CCCC2)CCN1C(=O)NCc1ccc(S(C)(=O)=O)s1. The quantitative estimate of drug-likeness (QED) is 0.878. The molecular weight excluding hydrogens is 346 g/mol. The number of nitrogens with zero attached hydrogens (tertiary/aromatic N) is 2. The number of nitrogens with one attached hydrogen (secondary N) is 1. The Hall–Kier alpha value is -1.12. The summed E-state index contributed by atoms with van der Waals surface area (Å²) >= 11 is 1.22. The van der Waals surface area contributed by atoms with Gasteiger partial charge in [0.25, 0.3) is 0 Å². The first-order valence-electron chi connectivity index (χ1n) is 8.43. The molecular formula is C16H25N3O3S2. The first-order valence-corrected chi connectivity index (χ1v) is 11.1. The van der Waals surface area contributed by atoms with Crippen LogP contribution in [0.2, 0.25) is 0 Å². The monoisotopic (exact) mass is 371 g/mol. The number of thiophene rings is 1. The maximum absolute atomic E-state index is 12.5. The highest BCUT2D eigenvalue weighted by Crippen LogP contribution is 2.26. The molecule has 1 aromatic rings. The maximum atomic E-state index is 12.5. The van der Waals surface area contributed by atoms with E-state index in [2.05, 4.69) is 17.1 Å². The molecule has 0 bridgehead atoms. The number of amides is 2. The molecule has 2 aliphatic heterocycles. The van der Waals surface area contributed by atoms with Crippen LogP contribution in [0.3, 0.4) is 0 Å². The van der Waals surface area contributed by atoms with Crippen molar-refractivity contribution in [3.63, 3.8) is 0 Å². The normalized spacial score (nSPS) is 25.3. The van der Waals surface area contributed by atoms with Gasteiger partial charge in [-0.2, -0.15) is 0 Å². The van der Waals surface area contributed by atoms with E-state index in [4.69, 9.17) is 0 Å². The van der Waals surface area contributed by atoms with Gasteiger partial charge < -0.3 is 10.2 Å². The first kappa shape index (κ1) is 17.7. The lowest BCUT2D eigenvalue weighted by Crippen LogP contribution is -2.47. The molecule has 0 aromatic carbocycles. The topological polar surface area (TPSA) is 69.7 Å². The lowest BCUT2D eigenvalue weighted by atomic mass is 10.1. The summed E-state index contributed by atoms with van der Waals surface area (Å²) < 4.78 is 23.4. The number of rotatable bonds is 4. The average molecular weight is 372 g/mol. The molecule has 2 fully saturated rings. The van der Waals surface area contributed by atoms with Crippen molar-refractivity contribution in [2.24, 2.45) is 0 Å². The number of carbonyl (C=O) groups is 1. The molecule has 6 nitrogen and oxygen atoms in total. The Balaban J connectivity index is 1.54. The summed E-state index contributed by atoms with van der Waals surface area (Å²) in [6.45, 7) is 5.58. The van der Waals surface area contributed by atoms with Gasteiger partial charge in [-0.15, -0.1) is 11.3 Å². The highest BCUT2D eigenvalue weighted by atomic mass is 32.2. The van der Waals surface area contributed by atoms with Gasteiger partial charge >= 0.3 is 6.03 Å². The number of likely N-dealkylation sites (tertiary alicyclic amines) is 2. The molecule has 0 radical (unpaired) electrons. The van der Waals surface area contributed by atoms with Gasteiger partial charge in [0.1, 0.15) is 4.21 Å². The molecule has 2 aliphatic rings. The minimum absolute atomic E-state index is 0.0569. The van der Waals surface area contributed by atoms with Crippen molar-refractivity contribution in [3.8, 4) is 0 Å². The standard InChI is InChI=1S/C16H25N3O3S2/c1-12-14(18-8-3-4-9-18)7-10-19(12)16(20)17-11-13-5-6-15(23-13)24(2,21)22/h5-6,12,14H,3-4,7-11H2,1-2H3,(H,17,20)/t12-,14-/m1/s1. The molecule has 0 unspecified atom stereocenters. The van der Waals surface area contributed by atoms with Crippen LogP contribution in [0.15, 0.2) is 16.3 Å². The van der Waals surface area contributed by atoms with Gasteiger partial charge in [0.05, 0.1) is 6.54 Å². The molecule has 3 heterocycles. The van der Waals surface area contributed by atoms with Gasteiger partial charge in [-0.05, 0) is 51.4 Å². The fourth-order valence-corrected chi connectivity index (χ4v) is 5.60. The number of carbonyl (C=O) groups excluding carboxylic acids is 1. The fraction of sp³-hybridized carbons (Fsp3) is 0.688. The molecule has 24 heavy (non-hydrogen) atoms. The van der Waals surface area contributed by atoms with E-state index in [1.807, 2.05) is 4.90 Å². The van der Waals surface area contributed by atoms with E-state index in [0.717, 1.165) is 30.9 Å². The first-order chi connectivity index (χ1) is 11.4. The zero-order valence-electron chi connectivity index (χ0n) is 14.2. The lowest BCUT2D eigenvalue weighted by molar-refractivity contribution is 0.168. The van der Waals surface area contributed by atoms with Crippen molar-refractivity contribution >= 4 is 27.2 Å². The minimum Gasteiger partial charge on any atom is -0.333 e. The van der Waals surface area contributed by atoms with Gasteiger partial charge in [0.2, 0.25) is 0 Å². The van der Waals surface area contributed by atoms with Crippen molar-refractivity contribution in [1.29, 1.82) is 0 Å². The van der Waals surface area contributed by atoms with Crippen molar-refractivity contribution in [2.75, 3.05) is 25.9 Å². The Kier molecular flexibility index (Phi) is 5.17. The van der Waals surface area contributed by atoms with Crippen molar-refractivity contribution in [1.82, 2.24) is 15.1 Å². The summed E-state index contributed by atoms with van der Waals surface area (Å²) in [5, 5.41) is 2.93. The summed E-state index contributed by atoms with van der Waals surface area (Å²) in [7, 11) is -3.17. The molecule has 1 N–H and O–H groups in total. The molecule has 3 rings (SSSR count). The molecule has 0 spiro atoms. The predicted octanol–water partition coefficient (Wildman–Crippen LogP) is 1.92. The van der Waals surface area contributed by atoms with E-state index in [1.54, 1.807) is 12.1 Å². The van der Waals surface area contributed by atoms with Crippen molar-refractivity contribution in [3.05, 3.63) is 17.0 Å². The van der Waals surface area contributed by atoms with Crippen LogP contribution >= 0.6 is 11.3 Å². The van der Waals surface area contributed by atoms with Crippen LogP contribution in [0.25, 0.3) is 0 Å².